The highest BCUT2D eigenvalue weighted by atomic mass is 28.4. The van der Waals surface area contributed by atoms with Gasteiger partial charge in [0.25, 0.3) is 0 Å². The normalized spacial score (nSPS) is 11.6. The summed E-state index contributed by atoms with van der Waals surface area (Å²) in [4.78, 5) is 77.7. The number of hydrogen-bond acceptors (Lipinski definition) is 20. The van der Waals surface area contributed by atoms with Gasteiger partial charge in [-0.2, -0.15) is 0 Å². The number of ether oxygens (including phenoxy) is 6. The lowest BCUT2D eigenvalue weighted by molar-refractivity contribution is -0.150. The number of rotatable bonds is 47. The van der Waals surface area contributed by atoms with Crippen LogP contribution in [0, 0.1) is 0 Å². The van der Waals surface area contributed by atoms with Gasteiger partial charge >= 0.3 is 53.4 Å². The fourth-order valence-electron chi connectivity index (χ4n) is 6.75. The van der Waals surface area contributed by atoms with Gasteiger partial charge in [-0.05, 0) is 107 Å². The van der Waals surface area contributed by atoms with Gasteiger partial charge in [0.2, 0.25) is 0 Å². The third kappa shape index (κ3) is 33.9. The van der Waals surface area contributed by atoms with Gasteiger partial charge in [0.15, 0.2) is 0 Å². The van der Waals surface area contributed by atoms with Crippen LogP contribution in [0.25, 0.3) is 0 Å². The summed E-state index contributed by atoms with van der Waals surface area (Å²) >= 11 is 0. The highest BCUT2D eigenvalue weighted by molar-refractivity contribution is 6.61. The molecule has 0 aliphatic carbocycles. The molecule has 0 aromatic carbocycles. The Balaban J connectivity index is 4.98. The summed E-state index contributed by atoms with van der Waals surface area (Å²) in [5, 5.41) is 0. The van der Waals surface area contributed by atoms with Crippen molar-refractivity contribution >= 4 is 53.4 Å². The van der Waals surface area contributed by atoms with Crippen molar-refractivity contribution < 1.29 is 83.7 Å². The average Bonchev–Trinajstić information content (AvgIpc) is 3.31. The van der Waals surface area contributed by atoms with E-state index in [2.05, 4.69) is 13.2 Å². The van der Waals surface area contributed by atoms with E-state index in [0.29, 0.717) is 117 Å². The molecule has 0 fully saturated rings. The van der Waals surface area contributed by atoms with Gasteiger partial charge in [0.1, 0.15) is 26.4 Å². The Hall–Kier alpha value is -3.59. The minimum absolute atomic E-state index is 0.0716. The van der Waals surface area contributed by atoms with Crippen LogP contribution in [0.5, 0.6) is 0 Å². The molecule has 0 atom stereocenters. The fraction of sp³-hybridized carbons (Fsp3) is 0.792. The van der Waals surface area contributed by atoms with Crippen LogP contribution in [-0.4, -0.2) is 182 Å². The summed E-state index contributed by atoms with van der Waals surface area (Å²) in [6.07, 6.45) is 4.53. The van der Waals surface area contributed by atoms with Crippen molar-refractivity contribution in [3.8, 4) is 0 Å². The third-order valence-corrected chi connectivity index (χ3v) is 16.4. The van der Waals surface area contributed by atoms with Crippen molar-refractivity contribution in [2.45, 2.75) is 132 Å². The standard InChI is InChI=1S/C48H88N2O18Si2/c1-11-63-69(64-12-2,65-13-3)39-21-27-49(31-25-45(53)59-35-37-61-47(55)41(7)8)29-23-43(51)57-33-19-17-18-20-34-58-44(52)24-30-50(28-22-40-70(66-14-4,67-15-5)68-16-6)32-26-46(54)60-36-38-62-48(56)42(9)10/h7,9,11-40H2,1-6,8,10H3. The molecule has 0 amide bonds. The Morgan fingerprint density at radius 3 is 0.871 bits per heavy atom. The molecule has 0 aromatic rings. The summed E-state index contributed by atoms with van der Waals surface area (Å²) in [6, 6.07) is 1.14. The van der Waals surface area contributed by atoms with Crippen LogP contribution < -0.4 is 0 Å². The van der Waals surface area contributed by atoms with E-state index in [1.54, 1.807) is 0 Å². The second-order valence-electron chi connectivity index (χ2n) is 16.0. The Labute approximate surface area is 420 Å². The van der Waals surface area contributed by atoms with Gasteiger partial charge in [-0.25, -0.2) is 9.59 Å². The zero-order valence-electron chi connectivity index (χ0n) is 43.9. The highest BCUT2D eigenvalue weighted by Crippen LogP contribution is 2.20. The predicted molar refractivity (Wildman–Crippen MR) is 265 cm³/mol. The molecule has 0 saturated heterocycles. The maximum absolute atomic E-state index is 12.8. The molecule has 406 valence electrons. The zero-order chi connectivity index (χ0) is 52.5. The van der Waals surface area contributed by atoms with E-state index in [0.717, 1.165) is 12.8 Å². The second kappa shape index (κ2) is 42.0. The van der Waals surface area contributed by atoms with Crippen molar-refractivity contribution in [2.24, 2.45) is 0 Å². The van der Waals surface area contributed by atoms with Crippen molar-refractivity contribution in [1.29, 1.82) is 0 Å². The van der Waals surface area contributed by atoms with E-state index >= 15 is 0 Å². The number of hydrogen-bond donors (Lipinski definition) is 0. The van der Waals surface area contributed by atoms with Gasteiger partial charge in [0, 0.05) is 89.1 Å². The van der Waals surface area contributed by atoms with Gasteiger partial charge in [-0.15, -0.1) is 0 Å². The Kier molecular flexibility index (Phi) is 39.8. The molecule has 0 unspecified atom stereocenters. The number of carbonyl (C=O) groups is 6. The van der Waals surface area contributed by atoms with Crippen molar-refractivity contribution in [2.75, 3.05) is 119 Å². The number of esters is 6. The molecule has 0 heterocycles. The molecule has 0 bridgehead atoms. The summed E-state index contributed by atoms with van der Waals surface area (Å²) in [7, 11) is -5.77. The van der Waals surface area contributed by atoms with Crippen molar-refractivity contribution in [3.63, 3.8) is 0 Å². The molecule has 20 nitrogen and oxygen atoms in total. The quantitative estimate of drug-likeness (QED) is 0.0224. The Morgan fingerprint density at radius 2 is 0.614 bits per heavy atom. The number of carbonyl (C=O) groups excluding carboxylic acids is 6. The van der Waals surface area contributed by atoms with E-state index in [1.165, 1.54) is 13.8 Å². The largest absolute Gasteiger partial charge is 0.500 e. The molecular weight excluding hydrogens is 949 g/mol. The summed E-state index contributed by atoms with van der Waals surface area (Å²) in [5.74, 6) is -2.73. The van der Waals surface area contributed by atoms with Crippen LogP contribution in [0.4, 0.5) is 0 Å². The fourth-order valence-corrected chi connectivity index (χ4v) is 11.9. The molecule has 0 spiro atoms. The lowest BCUT2D eigenvalue weighted by atomic mass is 10.2. The SMILES string of the molecule is C=C(C)C(=O)OCCOC(=O)CCN(CCC[Si](OCC)(OCC)OCC)CCC(=O)OCCCCCCOC(=O)CCN(CCC[Si](OCC)(OCC)OCC)CCC(=O)OCCOC(=O)C(=C)C. The van der Waals surface area contributed by atoms with E-state index < -0.39 is 41.5 Å². The van der Waals surface area contributed by atoms with Crippen LogP contribution in [0.2, 0.25) is 12.1 Å². The maximum atomic E-state index is 12.8. The summed E-state index contributed by atoms with van der Waals surface area (Å²) in [6.45, 7) is 26.9. The maximum Gasteiger partial charge on any atom is 0.500 e. The van der Waals surface area contributed by atoms with Gasteiger partial charge in [0.05, 0.1) is 38.9 Å². The summed E-state index contributed by atoms with van der Waals surface area (Å²) < 4.78 is 67.4. The molecule has 0 aliphatic rings. The lowest BCUT2D eigenvalue weighted by Gasteiger charge is -2.29. The molecule has 0 N–H and O–H groups in total. The molecule has 70 heavy (non-hydrogen) atoms. The average molecular weight is 1040 g/mol. The highest BCUT2D eigenvalue weighted by Gasteiger charge is 2.41. The monoisotopic (exact) mass is 1040 g/mol. The van der Waals surface area contributed by atoms with Gasteiger partial charge in [-0.3, -0.25) is 19.2 Å². The Bertz CT molecular complexity index is 1360. The lowest BCUT2D eigenvalue weighted by Crippen LogP contribution is -2.46. The molecule has 0 rings (SSSR count). The van der Waals surface area contributed by atoms with Crippen LogP contribution in [0.1, 0.15) is 120 Å². The first-order valence-corrected chi connectivity index (χ1v) is 29.0. The number of unbranched alkanes of at least 4 members (excludes halogenated alkanes) is 3. The molecule has 0 aliphatic heterocycles. The predicted octanol–water partition coefficient (Wildman–Crippen LogP) is 6.00. The molecule has 22 heteroatoms. The summed E-state index contributed by atoms with van der Waals surface area (Å²) in [5.41, 5.74) is 0.511. The first-order chi connectivity index (χ1) is 33.5. The van der Waals surface area contributed by atoms with Crippen molar-refractivity contribution in [3.05, 3.63) is 24.3 Å². The molecular formula is C48H88N2O18Si2. The minimum atomic E-state index is -2.89. The van der Waals surface area contributed by atoms with Crippen LogP contribution >= 0.6 is 0 Å². The first-order valence-electron chi connectivity index (χ1n) is 25.1. The van der Waals surface area contributed by atoms with E-state index in [4.69, 9.17) is 55.0 Å². The molecule has 0 saturated carbocycles. The third-order valence-electron chi connectivity index (χ3n) is 10.0. The number of nitrogens with zero attached hydrogens (tertiary/aromatic N) is 2. The van der Waals surface area contributed by atoms with Crippen LogP contribution in [0.15, 0.2) is 24.3 Å². The van der Waals surface area contributed by atoms with Crippen molar-refractivity contribution in [1.82, 2.24) is 9.80 Å². The second-order valence-corrected chi connectivity index (χ2v) is 21.4. The molecule has 0 aromatic heterocycles. The first kappa shape index (κ1) is 66.4. The van der Waals surface area contributed by atoms with Crippen LogP contribution in [-0.2, 0) is 83.7 Å². The van der Waals surface area contributed by atoms with Crippen LogP contribution in [0.3, 0.4) is 0 Å². The Morgan fingerprint density at radius 1 is 0.357 bits per heavy atom. The van der Waals surface area contributed by atoms with E-state index in [-0.39, 0.29) is 88.4 Å². The molecule has 0 radical (unpaired) electrons. The van der Waals surface area contributed by atoms with Gasteiger partial charge in [-0.1, -0.05) is 13.2 Å². The topological polar surface area (TPSA) is 220 Å². The smallest absolute Gasteiger partial charge is 0.466 e. The minimum Gasteiger partial charge on any atom is -0.466 e. The van der Waals surface area contributed by atoms with E-state index in [9.17, 15) is 28.8 Å². The van der Waals surface area contributed by atoms with Gasteiger partial charge < -0.3 is 64.8 Å². The zero-order valence-corrected chi connectivity index (χ0v) is 45.9. The van der Waals surface area contributed by atoms with E-state index in [1.807, 2.05) is 51.3 Å².